The Morgan fingerprint density at radius 1 is 0.889 bits per heavy atom. The molecule has 0 aromatic carbocycles. The number of rotatable bonds is 10. The molecule has 0 heterocycles. The van der Waals surface area contributed by atoms with E-state index in [1.54, 1.807) is 11.4 Å². The molecule has 0 aliphatic heterocycles. The molecule has 0 saturated heterocycles. The Morgan fingerprint density at radius 2 is 1.33 bits per heavy atom. The van der Waals surface area contributed by atoms with Crippen LogP contribution in [0.4, 0.5) is 0 Å². The lowest BCUT2D eigenvalue weighted by Crippen LogP contribution is -2.42. The first-order valence-electron chi connectivity index (χ1n) is 7.42. The zero-order valence-corrected chi connectivity index (χ0v) is 13.6. The van der Waals surface area contributed by atoms with Gasteiger partial charge in [-0.1, -0.05) is 47.0 Å². The highest BCUT2D eigenvalue weighted by molar-refractivity contribution is 7.89. The van der Waals surface area contributed by atoms with Crippen molar-refractivity contribution in [3.63, 3.8) is 0 Å². The summed E-state index contributed by atoms with van der Waals surface area (Å²) >= 11 is 0. The molecule has 0 radical (unpaired) electrons. The molecule has 0 amide bonds. The van der Waals surface area contributed by atoms with E-state index < -0.39 is 10.0 Å². The Bertz CT molecular complexity index is 295. The molecule has 0 fully saturated rings. The van der Waals surface area contributed by atoms with E-state index in [0.717, 1.165) is 44.9 Å². The van der Waals surface area contributed by atoms with Crippen molar-refractivity contribution in [3.8, 4) is 0 Å². The normalized spacial score (nSPS) is 14.4. The molecule has 18 heavy (non-hydrogen) atoms. The first kappa shape index (κ1) is 17.9. The summed E-state index contributed by atoms with van der Waals surface area (Å²) in [5.74, 6) is 0. The van der Waals surface area contributed by atoms with E-state index in [0.29, 0.717) is 0 Å². The first-order valence-corrected chi connectivity index (χ1v) is 8.92. The average Bonchev–Trinajstić information content (AvgIpc) is 2.34. The molecule has 0 N–H and O–H groups in total. The average molecular weight is 277 g/mol. The van der Waals surface area contributed by atoms with Crippen LogP contribution in [0.1, 0.15) is 72.6 Å². The van der Waals surface area contributed by atoms with Crippen LogP contribution in [0.25, 0.3) is 0 Å². The van der Waals surface area contributed by atoms with Crippen LogP contribution in [0.2, 0.25) is 0 Å². The van der Waals surface area contributed by atoms with E-state index >= 15 is 0 Å². The second kappa shape index (κ2) is 8.92. The SMILES string of the molecule is CCCC(CC)N(C)S(=O)(=O)C(CCC)CCC. The van der Waals surface area contributed by atoms with Crippen molar-refractivity contribution < 1.29 is 8.42 Å². The summed E-state index contributed by atoms with van der Waals surface area (Å²) in [6, 6.07) is 0.163. The largest absolute Gasteiger partial charge is 0.216 e. The van der Waals surface area contributed by atoms with E-state index in [9.17, 15) is 8.42 Å². The number of hydrogen-bond donors (Lipinski definition) is 0. The number of hydrogen-bond acceptors (Lipinski definition) is 2. The van der Waals surface area contributed by atoms with Crippen molar-refractivity contribution >= 4 is 10.0 Å². The Morgan fingerprint density at radius 3 is 1.67 bits per heavy atom. The lowest BCUT2D eigenvalue weighted by molar-refractivity contribution is 0.331. The maximum atomic E-state index is 12.6. The molecular weight excluding hydrogens is 246 g/mol. The summed E-state index contributed by atoms with van der Waals surface area (Å²) in [5.41, 5.74) is 0. The van der Waals surface area contributed by atoms with Crippen LogP contribution in [0.15, 0.2) is 0 Å². The fourth-order valence-corrected chi connectivity index (χ4v) is 4.71. The van der Waals surface area contributed by atoms with Gasteiger partial charge in [-0.05, 0) is 25.7 Å². The van der Waals surface area contributed by atoms with Gasteiger partial charge in [0.15, 0.2) is 0 Å². The Balaban J connectivity index is 4.94. The zero-order valence-electron chi connectivity index (χ0n) is 12.8. The topological polar surface area (TPSA) is 37.4 Å². The van der Waals surface area contributed by atoms with Crippen molar-refractivity contribution in [2.45, 2.75) is 83.9 Å². The Kier molecular flexibility index (Phi) is 8.87. The number of nitrogens with zero attached hydrogens (tertiary/aromatic N) is 1. The first-order chi connectivity index (χ1) is 8.45. The highest BCUT2D eigenvalue weighted by atomic mass is 32.2. The molecule has 4 heteroatoms. The highest BCUT2D eigenvalue weighted by Crippen LogP contribution is 2.22. The lowest BCUT2D eigenvalue weighted by atomic mass is 10.1. The van der Waals surface area contributed by atoms with Gasteiger partial charge in [0.1, 0.15) is 0 Å². The molecule has 0 spiro atoms. The minimum absolute atomic E-state index is 0.163. The summed E-state index contributed by atoms with van der Waals surface area (Å²) in [4.78, 5) is 0. The number of sulfonamides is 1. The third-order valence-corrected chi connectivity index (χ3v) is 6.07. The van der Waals surface area contributed by atoms with Crippen molar-refractivity contribution in [3.05, 3.63) is 0 Å². The third kappa shape index (κ3) is 4.88. The fourth-order valence-electron chi connectivity index (χ4n) is 2.51. The summed E-state index contributed by atoms with van der Waals surface area (Å²) in [7, 11) is -1.36. The molecule has 0 saturated carbocycles. The van der Waals surface area contributed by atoms with Gasteiger partial charge in [-0.25, -0.2) is 12.7 Å². The van der Waals surface area contributed by atoms with Gasteiger partial charge in [0.25, 0.3) is 0 Å². The van der Waals surface area contributed by atoms with Crippen molar-refractivity contribution in [2.24, 2.45) is 0 Å². The van der Waals surface area contributed by atoms with Crippen LogP contribution in [-0.2, 0) is 10.0 Å². The van der Waals surface area contributed by atoms with Gasteiger partial charge < -0.3 is 0 Å². The smallest absolute Gasteiger partial charge is 0.212 e. The van der Waals surface area contributed by atoms with Gasteiger partial charge in [-0.15, -0.1) is 0 Å². The Hall–Kier alpha value is -0.0900. The molecule has 0 aromatic heterocycles. The minimum atomic E-state index is -3.13. The molecule has 1 unspecified atom stereocenters. The molecule has 0 aromatic rings. The monoisotopic (exact) mass is 277 g/mol. The third-order valence-electron chi connectivity index (χ3n) is 3.65. The van der Waals surface area contributed by atoms with E-state index in [4.69, 9.17) is 0 Å². The van der Waals surface area contributed by atoms with Crippen LogP contribution in [-0.4, -0.2) is 31.1 Å². The van der Waals surface area contributed by atoms with Crippen LogP contribution < -0.4 is 0 Å². The van der Waals surface area contributed by atoms with Crippen LogP contribution in [0, 0.1) is 0 Å². The molecular formula is C14H31NO2S. The summed E-state index contributed by atoms with van der Waals surface area (Å²) < 4.78 is 26.9. The summed E-state index contributed by atoms with van der Waals surface area (Å²) in [6.45, 7) is 8.29. The zero-order chi connectivity index (χ0) is 14.2. The van der Waals surface area contributed by atoms with Gasteiger partial charge in [-0.2, -0.15) is 0 Å². The van der Waals surface area contributed by atoms with Gasteiger partial charge in [0, 0.05) is 13.1 Å². The Labute approximate surface area is 114 Å². The van der Waals surface area contributed by atoms with Crippen molar-refractivity contribution in [1.29, 1.82) is 0 Å². The fraction of sp³-hybridized carbons (Fsp3) is 1.00. The lowest BCUT2D eigenvalue weighted by Gasteiger charge is -2.30. The van der Waals surface area contributed by atoms with Gasteiger partial charge >= 0.3 is 0 Å². The molecule has 1 atom stereocenters. The standard InChI is InChI=1S/C14H31NO2S/c1-6-10-13(9-4)15(5)18(16,17)14(11-7-2)12-8-3/h13-14H,6-12H2,1-5H3. The van der Waals surface area contributed by atoms with E-state index in [2.05, 4.69) is 27.7 Å². The van der Waals surface area contributed by atoms with Gasteiger partial charge in [0.05, 0.1) is 5.25 Å². The summed E-state index contributed by atoms with van der Waals surface area (Å²) in [6.07, 6.45) is 6.31. The molecule has 0 bridgehead atoms. The minimum Gasteiger partial charge on any atom is -0.212 e. The van der Waals surface area contributed by atoms with E-state index in [-0.39, 0.29) is 11.3 Å². The highest BCUT2D eigenvalue weighted by Gasteiger charge is 2.31. The second-order valence-corrected chi connectivity index (χ2v) is 7.38. The van der Waals surface area contributed by atoms with Crippen molar-refractivity contribution in [1.82, 2.24) is 4.31 Å². The van der Waals surface area contributed by atoms with Gasteiger partial charge in [-0.3, -0.25) is 0 Å². The molecule has 110 valence electrons. The second-order valence-electron chi connectivity index (χ2n) is 5.11. The van der Waals surface area contributed by atoms with E-state index in [1.165, 1.54) is 0 Å². The van der Waals surface area contributed by atoms with Crippen LogP contribution in [0.5, 0.6) is 0 Å². The predicted molar refractivity (Wildman–Crippen MR) is 79.3 cm³/mol. The molecule has 0 aliphatic rings. The van der Waals surface area contributed by atoms with E-state index in [1.807, 2.05) is 0 Å². The quantitative estimate of drug-likeness (QED) is 0.609. The van der Waals surface area contributed by atoms with Crippen LogP contribution in [0.3, 0.4) is 0 Å². The maximum absolute atomic E-state index is 12.6. The molecule has 3 nitrogen and oxygen atoms in total. The predicted octanol–water partition coefficient (Wildman–Crippen LogP) is 3.80. The van der Waals surface area contributed by atoms with Gasteiger partial charge in [0.2, 0.25) is 10.0 Å². The maximum Gasteiger partial charge on any atom is 0.216 e. The van der Waals surface area contributed by atoms with Crippen molar-refractivity contribution in [2.75, 3.05) is 7.05 Å². The molecule has 0 aliphatic carbocycles. The van der Waals surface area contributed by atoms with Crippen LogP contribution >= 0.6 is 0 Å². The summed E-state index contributed by atoms with van der Waals surface area (Å²) in [5, 5.41) is -0.191. The molecule has 0 rings (SSSR count).